The minimum absolute atomic E-state index is 0.214. The molecule has 0 aromatic rings. The smallest absolute Gasteiger partial charge is 0.435 e. The average Bonchev–Trinajstić information content (AvgIpc) is 2.40. The Morgan fingerprint density at radius 1 is 1.82 bits per heavy atom. The fourth-order valence-electron chi connectivity index (χ4n) is 0.717. The molecular formula is C6H11NO3S. The van der Waals surface area contributed by atoms with Gasteiger partial charge in [0.2, 0.25) is 5.56 Å². The molecular weight excluding hydrogens is 166 g/mol. The number of hydrogen-bond donors (Lipinski definition) is 1. The van der Waals surface area contributed by atoms with Gasteiger partial charge in [-0.05, 0) is 6.92 Å². The quantitative estimate of drug-likeness (QED) is 0.631. The molecule has 0 spiro atoms. The fraction of sp³-hybridized carbons (Fsp3) is 0.833. The van der Waals surface area contributed by atoms with E-state index in [0.717, 1.165) is 12.3 Å². The zero-order valence-corrected chi connectivity index (χ0v) is 7.15. The molecule has 0 radical (unpaired) electrons. The number of carbonyl (C=O) groups is 1. The van der Waals surface area contributed by atoms with Gasteiger partial charge in [-0.25, -0.2) is 4.79 Å². The Morgan fingerprint density at radius 2 is 2.64 bits per heavy atom. The van der Waals surface area contributed by atoms with Crippen LogP contribution in [-0.4, -0.2) is 30.6 Å². The zero-order chi connectivity index (χ0) is 8.10. The van der Waals surface area contributed by atoms with Gasteiger partial charge in [0.1, 0.15) is 0 Å². The third-order valence-electron chi connectivity index (χ3n) is 1.15. The van der Waals surface area contributed by atoms with E-state index >= 15 is 0 Å². The van der Waals surface area contributed by atoms with Crippen LogP contribution in [0.3, 0.4) is 0 Å². The molecule has 1 aliphatic rings. The minimum Gasteiger partial charge on any atom is -0.435 e. The average molecular weight is 177 g/mol. The van der Waals surface area contributed by atoms with Gasteiger partial charge >= 0.3 is 6.16 Å². The molecule has 1 atom stereocenters. The first-order valence-corrected chi connectivity index (χ1v) is 4.56. The van der Waals surface area contributed by atoms with E-state index in [1.54, 1.807) is 18.7 Å². The lowest BCUT2D eigenvalue weighted by Crippen LogP contribution is -2.26. The molecule has 64 valence electrons. The van der Waals surface area contributed by atoms with Crippen LogP contribution in [0.2, 0.25) is 0 Å². The van der Waals surface area contributed by atoms with E-state index < -0.39 is 6.16 Å². The Hall–Kier alpha value is -0.420. The highest BCUT2D eigenvalue weighted by Gasteiger charge is 2.19. The van der Waals surface area contributed by atoms with E-state index in [9.17, 15) is 4.79 Å². The maximum atomic E-state index is 10.7. The first kappa shape index (κ1) is 8.67. The number of rotatable bonds is 2. The summed E-state index contributed by atoms with van der Waals surface area (Å²) in [6, 6.07) is 0. The molecule has 1 unspecified atom stereocenters. The van der Waals surface area contributed by atoms with Crippen molar-refractivity contribution < 1.29 is 14.3 Å². The Kier molecular flexibility index (Phi) is 3.51. The van der Waals surface area contributed by atoms with Gasteiger partial charge in [0.25, 0.3) is 0 Å². The second-order valence-electron chi connectivity index (χ2n) is 1.96. The molecule has 0 amide bonds. The molecule has 0 aliphatic carbocycles. The van der Waals surface area contributed by atoms with Crippen molar-refractivity contribution in [3.63, 3.8) is 0 Å². The Bertz CT molecular complexity index is 136. The summed E-state index contributed by atoms with van der Waals surface area (Å²) in [6.07, 6.45) is -0.598. The molecule has 1 fully saturated rings. The topological polar surface area (TPSA) is 47.6 Å². The van der Waals surface area contributed by atoms with Crippen LogP contribution in [-0.2, 0) is 9.47 Å². The molecule has 0 bridgehead atoms. The van der Waals surface area contributed by atoms with Crippen molar-refractivity contribution in [2.24, 2.45) is 0 Å². The van der Waals surface area contributed by atoms with Crippen molar-refractivity contribution >= 4 is 17.9 Å². The van der Waals surface area contributed by atoms with Crippen LogP contribution >= 0.6 is 11.8 Å². The van der Waals surface area contributed by atoms with Crippen LogP contribution in [0.25, 0.3) is 0 Å². The maximum Gasteiger partial charge on any atom is 0.510 e. The lowest BCUT2D eigenvalue weighted by molar-refractivity contribution is 0.0456. The summed E-state index contributed by atoms with van der Waals surface area (Å²) in [6.45, 7) is 2.99. The lowest BCUT2D eigenvalue weighted by atomic mass is 10.8. The van der Waals surface area contributed by atoms with Crippen molar-refractivity contribution in [3.05, 3.63) is 0 Å². The maximum absolute atomic E-state index is 10.7. The van der Waals surface area contributed by atoms with Crippen LogP contribution in [0.5, 0.6) is 0 Å². The van der Waals surface area contributed by atoms with E-state index in [2.05, 4.69) is 10.1 Å². The summed E-state index contributed by atoms with van der Waals surface area (Å²) in [5.41, 5.74) is -0.214. The summed E-state index contributed by atoms with van der Waals surface area (Å²) in [4.78, 5) is 10.7. The molecule has 0 saturated carbocycles. The monoisotopic (exact) mass is 177 g/mol. The van der Waals surface area contributed by atoms with Gasteiger partial charge in [-0.15, -0.1) is 11.8 Å². The summed E-state index contributed by atoms with van der Waals surface area (Å²) in [5, 5.41) is 2.99. The highest BCUT2D eigenvalue weighted by atomic mass is 32.2. The largest absolute Gasteiger partial charge is 0.510 e. The summed E-state index contributed by atoms with van der Waals surface area (Å²) in [5.74, 6) is 0.976. The molecule has 4 nitrogen and oxygen atoms in total. The lowest BCUT2D eigenvalue weighted by Gasteiger charge is -2.09. The highest BCUT2D eigenvalue weighted by Crippen LogP contribution is 2.14. The van der Waals surface area contributed by atoms with Gasteiger partial charge < -0.3 is 9.47 Å². The first-order valence-electron chi connectivity index (χ1n) is 3.51. The molecule has 1 N–H and O–H groups in total. The van der Waals surface area contributed by atoms with E-state index in [1.165, 1.54) is 0 Å². The molecule has 0 aromatic carbocycles. The molecule has 1 saturated heterocycles. The van der Waals surface area contributed by atoms with Gasteiger partial charge in [0.05, 0.1) is 6.61 Å². The number of carbonyl (C=O) groups excluding carboxylic acids is 1. The predicted molar refractivity (Wildman–Crippen MR) is 42.4 cm³/mol. The Labute approximate surface area is 69.6 Å². The van der Waals surface area contributed by atoms with E-state index in [-0.39, 0.29) is 5.56 Å². The first-order chi connectivity index (χ1) is 5.33. The highest BCUT2D eigenvalue weighted by molar-refractivity contribution is 8.00. The third-order valence-corrected chi connectivity index (χ3v) is 2.15. The number of hydrogen-bond acceptors (Lipinski definition) is 5. The van der Waals surface area contributed by atoms with Crippen molar-refractivity contribution in [2.45, 2.75) is 12.5 Å². The van der Waals surface area contributed by atoms with E-state index in [4.69, 9.17) is 4.74 Å². The minimum atomic E-state index is -0.598. The van der Waals surface area contributed by atoms with Crippen molar-refractivity contribution in [2.75, 3.05) is 18.9 Å². The molecule has 1 heterocycles. The van der Waals surface area contributed by atoms with Crippen LogP contribution < -0.4 is 5.32 Å². The van der Waals surface area contributed by atoms with Gasteiger partial charge in [0, 0.05) is 12.3 Å². The SMILES string of the molecule is CCOC(=O)OC1NCCS1. The number of ether oxygens (including phenoxy) is 2. The third kappa shape index (κ3) is 2.98. The summed E-state index contributed by atoms with van der Waals surface area (Å²) >= 11 is 1.56. The van der Waals surface area contributed by atoms with Crippen molar-refractivity contribution in [1.82, 2.24) is 5.32 Å². The van der Waals surface area contributed by atoms with E-state index in [0.29, 0.717) is 6.61 Å². The number of nitrogens with one attached hydrogen (secondary N) is 1. The van der Waals surface area contributed by atoms with Gasteiger partial charge in [-0.2, -0.15) is 0 Å². The Morgan fingerprint density at radius 3 is 3.18 bits per heavy atom. The van der Waals surface area contributed by atoms with E-state index in [1.807, 2.05) is 0 Å². The molecule has 1 aliphatic heterocycles. The van der Waals surface area contributed by atoms with Crippen LogP contribution in [0.4, 0.5) is 4.79 Å². The number of thioether (sulfide) groups is 1. The second kappa shape index (κ2) is 4.46. The molecule has 0 aromatic heterocycles. The predicted octanol–water partition coefficient (Wildman–Crippen LogP) is 0.780. The molecule has 5 heteroatoms. The second-order valence-corrected chi connectivity index (χ2v) is 3.13. The van der Waals surface area contributed by atoms with Gasteiger partial charge in [0.15, 0.2) is 0 Å². The summed E-state index contributed by atoms with van der Waals surface area (Å²) in [7, 11) is 0. The fourth-order valence-corrected chi connectivity index (χ4v) is 1.55. The Balaban J connectivity index is 2.13. The van der Waals surface area contributed by atoms with Gasteiger partial charge in [-0.3, -0.25) is 5.32 Å². The van der Waals surface area contributed by atoms with Crippen LogP contribution in [0.1, 0.15) is 6.92 Å². The zero-order valence-electron chi connectivity index (χ0n) is 6.33. The normalized spacial score (nSPS) is 23.2. The van der Waals surface area contributed by atoms with Gasteiger partial charge in [-0.1, -0.05) is 0 Å². The van der Waals surface area contributed by atoms with Crippen LogP contribution in [0.15, 0.2) is 0 Å². The van der Waals surface area contributed by atoms with Crippen LogP contribution in [0, 0.1) is 0 Å². The molecule has 11 heavy (non-hydrogen) atoms. The molecule has 1 rings (SSSR count). The van der Waals surface area contributed by atoms with Crippen molar-refractivity contribution in [3.8, 4) is 0 Å². The summed E-state index contributed by atoms with van der Waals surface area (Å²) < 4.78 is 9.43. The van der Waals surface area contributed by atoms with Crippen molar-refractivity contribution in [1.29, 1.82) is 0 Å². The standard InChI is InChI=1S/C6H11NO3S/c1-2-9-6(8)10-5-7-3-4-11-5/h5,7H,2-4H2,1H3.